The minimum atomic E-state index is -4.55. The number of ketones is 1. The number of hydrogen-bond acceptors (Lipinski definition) is 3. The molecule has 0 saturated heterocycles. The molecule has 0 bridgehead atoms. The number of ether oxygens (including phenoxy) is 1. The van der Waals surface area contributed by atoms with E-state index in [-0.39, 0.29) is 41.4 Å². The fourth-order valence-corrected chi connectivity index (χ4v) is 2.73. The van der Waals surface area contributed by atoms with Gasteiger partial charge in [-0.2, -0.15) is 13.2 Å². The van der Waals surface area contributed by atoms with Crippen molar-refractivity contribution in [1.29, 1.82) is 0 Å². The van der Waals surface area contributed by atoms with E-state index in [4.69, 9.17) is 22.1 Å². The first-order chi connectivity index (χ1) is 11.3. The molecule has 1 aromatic rings. The number of carbonyl (C=O) groups is 1. The summed E-state index contributed by atoms with van der Waals surface area (Å²) in [5.74, 6) is -0.830. The largest absolute Gasteiger partial charge is 0.494 e. The number of alkyl halides is 3. The number of halogens is 4. The Kier molecular flexibility index (Phi) is 5.59. The quantitative estimate of drug-likeness (QED) is 0.841. The molecule has 1 aliphatic rings. The Hall–Kier alpha value is -1.95. The van der Waals surface area contributed by atoms with E-state index in [1.165, 1.54) is 17.7 Å². The minimum Gasteiger partial charge on any atom is -0.494 e. The number of rotatable bonds is 5. The second-order valence-electron chi connectivity index (χ2n) is 5.49. The highest BCUT2D eigenvalue weighted by molar-refractivity contribution is 6.27. The van der Waals surface area contributed by atoms with Crippen molar-refractivity contribution in [3.05, 3.63) is 46.6 Å². The first-order valence-electron chi connectivity index (χ1n) is 7.43. The number of Topliss-reactive ketones (excluding diaryl/α,β-unsaturated/α-hetero) is 1. The van der Waals surface area contributed by atoms with Gasteiger partial charge in [0.05, 0.1) is 12.2 Å². The Morgan fingerprint density at radius 1 is 1.38 bits per heavy atom. The number of carbonyl (C=O) groups excluding carboxylic acids is 1. The van der Waals surface area contributed by atoms with Crippen molar-refractivity contribution in [2.75, 3.05) is 6.61 Å². The fraction of sp³-hybridized carbons (Fsp3) is 0.353. The first kappa shape index (κ1) is 18.4. The molecule has 1 unspecified atom stereocenters. The Morgan fingerprint density at radius 3 is 2.67 bits per heavy atom. The third kappa shape index (κ3) is 3.93. The molecule has 7 heteroatoms. The van der Waals surface area contributed by atoms with Crippen molar-refractivity contribution in [3.63, 3.8) is 0 Å². The lowest BCUT2D eigenvalue weighted by atomic mass is 9.97. The third-order valence-corrected chi connectivity index (χ3v) is 3.79. The van der Waals surface area contributed by atoms with Gasteiger partial charge in [0.2, 0.25) is 0 Å². The normalized spacial score (nSPS) is 18.7. The van der Waals surface area contributed by atoms with E-state index in [2.05, 4.69) is 0 Å². The van der Waals surface area contributed by atoms with Gasteiger partial charge in [-0.25, -0.2) is 0 Å². The molecule has 2 N–H and O–H groups in total. The number of hydrogen-bond donors (Lipinski definition) is 1. The highest BCUT2D eigenvalue weighted by Gasteiger charge is 2.35. The molecule has 1 atom stereocenters. The van der Waals surface area contributed by atoms with Crippen molar-refractivity contribution >= 4 is 23.0 Å². The van der Waals surface area contributed by atoms with E-state index in [0.29, 0.717) is 6.42 Å². The molecule has 1 aliphatic carbocycles. The van der Waals surface area contributed by atoms with Gasteiger partial charge in [0, 0.05) is 29.1 Å². The Labute approximate surface area is 142 Å². The highest BCUT2D eigenvalue weighted by atomic mass is 35.5. The van der Waals surface area contributed by atoms with Gasteiger partial charge >= 0.3 is 6.18 Å². The highest BCUT2D eigenvalue weighted by Crippen LogP contribution is 2.38. The molecule has 130 valence electrons. The van der Waals surface area contributed by atoms with Gasteiger partial charge in [-0.05, 0) is 30.2 Å². The monoisotopic (exact) mass is 359 g/mol. The lowest BCUT2D eigenvalue weighted by Crippen LogP contribution is -2.10. The maximum Gasteiger partial charge on any atom is 0.416 e. The molecular formula is C17H17ClF3NO2. The summed E-state index contributed by atoms with van der Waals surface area (Å²) < 4.78 is 44.7. The van der Waals surface area contributed by atoms with Gasteiger partial charge in [0.1, 0.15) is 5.75 Å². The standard InChI is InChI=1S/C17H17ClF3NO2/c1-2-5-24-13-7-11(6-12(9-13)17(19,20)21)15-14(22)8-10(3-4-18)16(15)23/h3-4,6-7,9-10H,2,5,8,22H2,1H3/b4-3+. The van der Waals surface area contributed by atoms with Crippen LogP contribution in [0.5, 0.6) is 5.75 Å². The topological polar surface area (TPSA) is 52.3 Å². The van der Waals surface area contributed by atoms with Gasteiger partial charge in [-0.15, -0.1) is 0 Å². The molecular weight excluding hydrogens is 343 g/mol. The van der Waals surface area contributed by atoms with E-state index < -0.39 is 17.7 Å². The molecule has 0 aromatic heterocycles. The van der Waals surface area contributed by atoms with Crippen molar-refractivity contribution in [1.82, 2.24) is 0 Å². The third-order valence-electron chi connectivity index (χ3n) is 3.64. The van der Waals surface area contributed by atoms with Crippen LogP contribution in [0.1, 0.15) is 30.9 Å². The molecule has 1 aromatic carbocycles. The van der Waals surface area contributed by atoms with Gasteiger partial charge in [0.25, 0.3) is 0 Å². The summed E-state index contributed by atoms with van der Waals surface area (Å²) in [5.41, 5.74) is 6.69. The van der Waals surface area contributed by atoms with Gasteiger partial charge in [-0.3, -0.25) is 4.79 Å². The van der Waals surface area contributed by atoms with Gasteiger partial charge < -0.3 is 10.5 Å². The van der Waals surface area contributed by atoms with E-state index in [0.717, 1.165) is 12.1 Å². The second kappa shape index (κ2) is 7.30. The van der Waals surface area contributed by atoms with E-state index in [1.807, 2.05) is 6.92 Å². The lowest BCUT2D eigenvalue weighted by molar-refractivity contribution is -0.137. The van der Waals surface area contributed by atoms with E-state index >= 15 is 0 Å². The molecule has 0 heterocycles. The van der Waals surface area contributed by atoms with Crippen LogP contribution in [-0.4, -0.2) is 12.4 Å². The molecule has 0 saturated carbocycles. The number of allylic oxidation sites excluding steroid dienone is 3. The van der Waals surface area contributed by atoms with Crippen molar-refractivity contribution in [2.45, 2.75) is 25.9 Å². The Balaban J connectivity index is 2.49. The first-order valence-corrected chi connectivity index (χ1v) is 7.86. The zero-order chi connectivity index (χ0) is 17.9. The zero-order valence-corrected chi connectivity index (χ0v) is 13.7. The van der Waals surface area contributed by atoms with Gasteiger partial charge in [-0.1, -0.05) is 24.6 Å². The molecule has 0 fully saturated rings. The van der Waals surface area contributed by atoms with Crippen LogP contribution < -0.4 is 10.5 Å². The number of nitrogens with two attached hydrogens (primary N) is 1. The summed E-state index contributed by atoms with van der Waals surface area (Å²) in [5, 5.41) is 0. The Morgan fingerprint density at radius 2 is 2.08 bits per heavy atom. The summed E-state index contributed by atoms with van der Waals surface area (Å²) in [6, 6.07) is 3.26. The van der Waals surface area contributed by atoms with Crippen molar-refractivity contribution in [3.8, 4) is 5.75 Å². The maximum atomic E-state index is 13.1. The summed E-state index contributed by atoms with van der Waals surface area (Å²) in [6.45, 7) is 2.12. The van der Waals surface area contributed by atoms with Crippen molar-refractivity contribution < 1.29 is 22.7 Å². The van der Waals surface area contributed by atoms with Crippen LogP contribution in [0, 0.1) is 5.92 Å². The fourth-order valence-electron chi connectivity index (χ4n) is 2.56. The smallest absolute Gasteiger partial charge is 0.416 e. The molecule has 0 spiro atoms. The SMILES string of the molecule is CCCOc1cc(C2=C(N)CC(/C=C/Cl)C2=O)cc(C(F)(F)F)c1. The van der Waals surface area contributed by atoms with E-state index in [1.54, 1.807) is 0 Å². The molecule has 24 heavy (non-hydrogen) atoms. The molecule has 0 aliphatic heterocycles. The van der Waals surface area contributed by atoms with Crippen LogP contribution in [0.2, 0.25) is 0 Å². The van der Waals surface area contributed by atoms with Crippen LogP contribution >= 0.6 is 11.6 Å². The average Bonchev–Trinajstić information content (AvgIpc) is 2.78. The van der Waals surface area contributed by atoms with Crippen LogP contribution in [0.3, 0.4) is 0 Å². The van der Waals surface area contributed by atoms with Crippen LogP contribution in [0.25, 0.3) is 5.57 Å². The van der Waals surface area contributed by atoms with E-state index in [9.17, 15) is 18.0 Å². The summed E-state index contributed by atoms with van der Waals surface area (Å²) in [6.07, 6.45) is -2.19. The zero-order valence-electron chi connectivity index (χ0n) is 13.0. The van der Waals surface area contributed by atoms with Crippen LogP contribution in [0.15, 0.2) is 35.5 Å². The summed E-state index contributed by atoms with van der Waals surface area (Å²) >= 11 is 5.49. The second-order valence-corrected chi connectivity index (χ2v) is 5.74. The summed E-state index contributed by atoms with van der Waals surface area (Å²) in [7, 11) is 0. The molecule has 0 radical (unpaired) electrons. The minimum absolute atomic E-state index is 0.0612. The average molecular weight is 360 g/mol. The molecule has 2 rings (SSSR count). The summed E-state index contributed by atoms with van der Waals surface area (Å²) in [4.78, 5) is 12.4. The Bertz CT molecular complexity index is 696. The maximum absolute atomic E-state index is 13.1. The molecule has 3 nitrogen and oxygen atoms in total. The van der Waals surface area contributed by atoms with Crippen LogP contribution in [0.4, 0.5) is 13.2 Å². The van der Waals surface area contributed by atoms with Crippen LogP contribution in [-0.2, 0) is 11.0 Å². The van der Waals surface area contributed by atoms with Crippen molar-refractivity contribution in [2.24, 2.45) is 11.7 Å². The predicted molar refractivity (Wildman–Crippen MR) is 86.4 cm³/mol. The predicted octanol–water partition coefficient (Wildman–Crippen LogP) is 4.51. The molecule has 0 amide bonds. The van der Waals surface area contributed by atoms with Gasteiger partial charge in [0.15, 0.2) is 5.78 Å². The number of benzene rings is 1. The lowest BCUT2D eigenvalue weighted by Gasteiger charge is -2.14.